The van der Waals surface area contributed by atoms with Crippen molar-refractivity contribution < 1.29 is 0 Å². The Hall–Kier alpha value is -0.980. The van der Waals surface area contributed by atoms with E-state index in [4.69, 9.17) is 0 Å². The van der Waals surface area contributed by atoms with E-state index in [1.165, 1.54) is 134 Å². The molecule has 0 saturated carbocycles. The van der Waals surface area contributed by atoms with Gasteiger partial charge in [0.1, 0.15) is 0 Å². The maximum atomic E-state index is 2.64. The molecule has 0 N–H and O–H groups in total. The second-order valence-corrected chi connectivity index (χ2v) is 8.98. The van der Waals surface area contributed by atoms with Crippen LogP contribution in [0, 0.1) is 0 Å². The number of rotatable bonds is 21. The van der Waals surface area contributed by atoms with Crippen LogP contribution in [0.1, 0.15) is 129 Å². The van der Waals surface area contributed by atoms with Crippen LogP contribution in [0.5, 0.6) is 0 Å². The van der Waals surface area contributed by atoms with Crippen molar-refractivity contribution in [2.75, 3.05) is 18.0 Å². The van der Waals surface area contributed by atoms with Gasteiger partial charge in [-0.15, -0.1) is 0 Å². The molecular weight excluding hydrogens is 350 g/mol. The third-order valence-corrected chi connectivity index (χ3v) is 6.18. The van der Waals surface area contributed by atoms with Gasteiger partial charge in [0, 0.05) is 18.8 Å². The van der Waals surface area contributed by atoms with Gasteiger partial charge in [-0.25, -0.2) is 0 Å². The Morgan fingerprint density at radius 3 is 1.17 bits per heavy atom. The number of hydrogen-bond donors (Lipinski definition) is 0. The Morgan fingerprint density at radius 2 is 0.793 bits per heavy atom. The molecule has 29 heavy (non-hydrogen) atoms. The molecule has 1 nitrogen and oxygen atoms in total. The van der Waals surface area contributed by atoms with Crippen molar-refractivity contribution in [3.63, 3.8) is 0 Å². The van der Waals surface area contributed by atoms with Crippen LogP contribution in [-0.2, 0) is 0 Å². The summed E-state index contributed by atoms with van der Waals surface area (Å²) in [6.07, 6.45) is 25.4. The second-order valence-electron chi connectivity index (χ2n) is 8.98. The number of para-hydroxylation sites is 1. The Kier molecular flexibility index (Phi) is 18.2. The first-order valence-corrected chi connectivity index (χ1v) is 13.2. The lowest BCUT2D eigenvalue weighted by Crippen LogP contribution is -2.25. The van der Waals surface area contributed by atoms with E-state index in [1.54, 1.807) is 0 Å². The lowest BCUT2D eigenvalue weighted by Gasteiger charge is -2.25. The summed E-state index contributed by atoms with van der Waals surface area (Å²) < 4.78 is 0. The van der Waals surface area contributed by atoms with Gasteiger partial charge in [-0.05, 0) is 25.0 Å². The third-order valence-electron chi connectivity index (χ3n) is 6.18. The Balaban J connectivity index is 2.13. The summed E-state index contributed by atoms with van der Waals surface area (Å²) in [5, 5.41) is 0. The van der Waals surface area contributed by atoms with Crippen molar-refractivity contribution >= 4 is 5.69 Å². The fourth-order valence-corrected chi connectivity index (χ4v) is 4.24. The van der Waals surface area contributed by atoms with Crippen LogP contribution in [0.2, 0.25) is 0 Å². The van der Waals surface area contributed by atoms with Crippen molar-refractivity contribution in [3.05, 3.63) is 30.3 Å². The molecule has 1 heteroatoms. The van der Waals surface area contributed by atoms with Crippen molar-refractivity contribution in [2.45, 2.75) is 129 Å². The van der Waals surface area contributed by atoms with E-state index in [1.807, 2.05) is 0 Å². The predicted octanol–water partition coefficient (Wildman–Crippen LogP) is 9.55. The average Bonchev–Trinajstić information content (AvgIpc) is 2.76. The van der Waals surface area contributed by atoms with Gasteiger partial charge in [-0.1, -0.05) is 135 Å². The van der Waals surface area contributed by atoms with Crippen LogP contribution in [-0.4, -0.2) is 13.1 Å². The Morgan fingerprint density at radius 1 is 0.448 bits per heavy atom. The molecule has 168 valence electrons. The summed E-state index contributed by atoms with van der Waals surface area (Å²) in [7, 11) is 0. The summed E-state index contributed by atoms with van der Waals surface area (Å²) in [6, 6.07) is 11.1. The summed E-state index contributed by atoms with van der Waals surface area (Å²) in [5.41, 5.74) is 1.42. The van der Waals surface area contributed by atoms with Crippen molar-refractivity contribution in [1.82, 2.24) is 0 Å². The fraction of sp³-hybridized carbons (Fsp3) is 0.786. The molecule has 0 amide bonds. The van der Waals surface area contributed by atoms with E-state index < -0.39 is 0 Å². The normalized spacial score (nSPS) is 11.1. The lowest BCUT2D eigenvalue weighted by atomic mass is 10.1. The van der Waals surface area contributed by atoms with E-state index in [0.717, 1.165) is 0 Å². The van der Waals surface area contributed by atoms with Crippen molar-refractivity contribution in [1.29, 1.82) is 0 Å². The largest absolute Gasteiger partial charge is 0.372 e. The van der Waals surface area contributed by atoms with Crippen molar-refractivity contribution in [3.8, 4) is 0 Å². The molecule has 0 bridgehead atoms. The number of nitrogens with zero attached hydrogens (tertiary/aromatic N) is 1. The fourth-order valence-electron chi connectivity index (χ4n) is 4.24. The minimum absolute atomic E-state index is 1.23. The minimum Gasteiger partial charge on any atom is -0.372 e. The van der Waals surface area contributed by atoms with E-state index in [0.29, 0.717) is 0 Å². The summed E-state index contributed by atoms with van der Waals surface area (Å²) >= 11 is 0. The molecule has 0 atom stereocenters. The number of anilines is 1. The maximum Gasteiger partial charge on any atom is 0.0366 e. The van der Waals surface area contributed by atoms with Crippen LogP contribution in [0.4, 0.5) is 5.69 Å². The first-order chi connectivity index (χ1) is 14.4. The summed E-state index contributed by atoms with van der Waals surface area (Å²) in [5.74, 6) is 0. The van der Waals surface area contributed by atoms with Gasteiger partial charge in [0.25, 0.3) is 0 Å². The van der Waals surface area contributed by atoms with E-state index in [-0.39, 0.29) is 0 Å². The molecule has 0 heterocycles. The van der Waals surface area contributed by atoms with E-state index >= 15 is 0 Å². The molecule has 1 aromatic rings. The Labute approximate surface area is 183 Å². The van der Waals surface area contributed by atoms with Crippen molar-refractivity contribution in [2.24, 2.45) is 0 Å². The summed E-state index contributed by atoms with van der Waals surface area (Å²) in [6.45, 7) is 7.06. The van der Waals surface area contributed by atoms with Crippen LogP contribution in [0.25, 0.3) is 0 Å². The van der Waals surface area contributed by atoms with Gasteiger partial charge >= 0.3 is 0 Å². The molecule has 0 aliphatic heterocycles. The highest BCUT2D eigenvalue weighted by atomic mass is 15.1. The first-order valence-electron chi connectivity index (χ1n) is 13.2. The van der Waals surface area contributed by atoms with Gasteiger partial charge in [0.2, 0.25) is 0 Å². The quantitative estimate of drug-likeness (QED) is 0.185. The minimum atomic E-state index is 1.23. The molecule has 0 saturated heterocycles. The first kappa shape index (κ1) is 26.1. The average molecular weight is 402 g/mol. The molecule has 0 aliphatic rings. The topological polar surface area (TPSA) is 3.24 Å². The smallest absolute Gasteiger partial charge is 0.0366 e. The highest BCUT2D eigenvalue weighted by Gasteiger charge is 2.05. The van der Waals surface area contributed by atoms with Gasteiger partial charge in [-0.3, -0.25) is 0 Å². The van der Waals surface area contributed by atoms with Crippen LogP contribution in [0.3, 0.4) is 0 Å². The Bertz CT molecular complexity index is 405. The summed E-state index contributed by atoms with van der Waals surface area (Å²) in [4.78, 5) is 2.64. The van der Waals surface area contributed by atoms with Crippen LogP contribution >= 0.6 is 0 Å². The highest BCUT2D eigenvalue weighted by Crippen LogP contribution is 2.17. The van der Waals surface area contributed by atoms with Crippen LogP contribution in [0.15, 0.2) is 30.3 Å². The van der Waals surface area contributed by atoms with Gasteiger partial charge in [-0.2, -0.15) is 0 Å². The molecule has 0 spiro atoms. The number of benzene rings is 1. The molecule has 0 aromatic heterocycles. The monoisotopic (exact) mass is 401 g/mol. The SMILES string of the molecule is CCCCCCCCCCCN(CCCCCCCCCCC)c1ccccc1. The van der Waals surface area contributed by atoms with Gasteiger partial charge < -0.3 is 4.90 Å². The zero-order valence-corrected chi connectivity index (χ0v) is 20.0. The van der Waals surface area contributed by atoms with E-state index in [2.05, 4.69) is 49.1 Å². The predicted molar refractivity (Wildman–Crippen MR) is 133 cm³/mol. The molecular formula is C28H51N. The number of hydrogen-bond acceptors (Lipinski definition) is 1. The molecule has 1 aromatic carbocycles. The highest BCUT2D eigenvalue weighted by molar-refractivity contribution is 5.45. The molecule has 0 aliphatic carbocycles. The van der Waals surface area contributed by atoms with E-state index in [9.17, 15) is 0 Å². The molecule has 0 unspecified atom stereocenters. The standard InChI is InChI=1S/C28H51N/c1-3-5-7-9-11-13-15-17-22-26-29(28-24-20-19-21-25-28)27-23-18-16-14-12-10-8-6-4-2/h19-21,24-25H,3-18,22-23,26-27H2,1-2H3. The third kappa shape index (κ3) is 15.5. The lowest BCUT2D eigenvalue weighted by molar-refractivity contribution is 0.548. The van der Waals surface area contributed by atoms with Crippen LogP contribution < -0.4 is 4.90 Å². The second kappa shape index (κ2) is 20.3. The molecule has 0 radical (unpaired) electrons. The molecule has 0 fully saturated rings. The van der Waals surface area contributed by atoms with Gasteiger partial charge in [0.15, 0.2) is 0 Å². The van der Waals surface area contributed by atoms with Gasteiger partial charge in [0.05, 0.1) is 0 Å². The zero-order valence-electron chi connectivity index (χ0n) is 20.0. The zero-order chi connectivity index (χ0) is 20.8. The maximum absolute atomic E-state index is 2.64. The number of unbranched alkanes of at least 4 members (excludes halogenated alkanes) is 16. The molecule has 1 rings (SSSR count).